The van der Waals surface area contributed by atoms with Gasteiger partial charge in [0.2, 0.25) is 0 Å². The molecule has 3 N–H and O–H groups in total. The lowest BCUT2D eigenvalue weighted by Crippen LogP contribution is -2.26. The minimum absolute atomic E-state index is 0. The molecule has 1 heterocycles. The van der Waals surface area contributed by atoms with Gasteiger partial charge in [-0.3, -0.25) is 4.99 Å². The Kier molecular flexibility index (Phi) is 7.27. The number of aliphatic imine (C=N–C) groups is 1. The summed E-state index contributed by atoms with van der Waals surface area (Å²) in [4.78, 5) is 4.17. The highest BCUT2D eigenvalue weighted by Crippen LogP contribution is 2.24. The van der Waals surface area contributed by atoms with Crippen molar-refractivity contribution in [2.24, 2.45) is 10.7 Å². The van der Waals surface area contributed by atoms with E-state index in [4.69, 9.17) is 10.5 Å². The van der Waals surface area contributed by atoms with Gasteiger partial charge in [-0.1, -0.05) is 24.3 Å². The number of para-hydroxylation sites is 1. The second-order valence-electron chi connectivity index (χ2n) is 5.93. The van der Waals surface area contributed by atoms with E-state index in [2.05, 4.69) is 10.3 Å². The molecule has 0 spiro atoms. The van der Waals surface area contributed by atoms with Gasteiger partial charge in [0, 0.05) is 11.8 Å². The molecule has 1 fully saturated rings. The highest BCUT2D eigenvalue weighted by atomic mass is 127. The molecule has 2 aromatic carbocycles. The Morgan fingerprint density at radius 1 is 1.15 bits per heavy atom. The summed E-state index contributed by atoms with van der Waals surface area (Å²) in [5.41, 5.74) is 6.60. The van der Waals surface area contributed by atoms with Crippen LogP contribution in [0.25, 0.3) is 0 Å². The molecule has 0 saturated carbocycles. The molecular formula is C18H22IN3O3S. The van der Waals surface area contributed by atoms with E-state index in [0.29, 0.717) is 18.6 Å². The third kappa shape index (κ3) is 5.60. The summed E-state index contributed by atoms with van der Waals surface area (Å²) in [6.07, 6.45) is 1.36. The molecule has 2 aromatic rings. The number of hydrogen-bond acceptors (Lipinski definition) is 4. The number of sulfone groups is 1. The average molecular weight is 487 g/mol. The first-order valence-corrected chi connectivity index (χ1v) is 9.86. The number of nitrogens with two attached hydrogens (primary N) is 1. The molecule has 1 unspecified atom stereocenters. The number of ether oxygens (including phenoxy) is 1. The Morgan fingerprint density at radius 2 is 1.88 bits per heavy atom. The van der Waals surface area contributed by atoms with E-state index in [1.54, 1.807) is 0 Å². The van der Waals surface area contributed by atoms with Crippen molar-refractivity contribution in [1.82, 2.24) is 0 Å². The summed E-state index contributed by atoms with van der Waals surface area (Å²) < 4.78 is 29.4. The molecule has 8 heteroatoms. The second-order valence-corrected chi connectivity index (χ2v) is 8.33. The van der Waals surface area contributed by atoms with E-state index in [-0.39, 0.29) is 42.2 Å². The van der Waals surface area contributed by atoms with Gasteiger partial charge in [-0.15, -0.1) is 24.0 Å². The molecule has 26 heavy (non-hydrogen) atoms. The molecule has 0 aromatic heterocycles. The van der Waals surface area contributed by atoms with E-state index in [9.17, 15) is 8.42 Å². The predicted molar refractivity (Wildman–Crippen MR) is 115 cm³/mol. The molecule has 0 amide bonds. The minimum Gasteiger partial charge on any atom is -0.457 e. The minimum atomic E-state index is -3.01. The zero-order valence-corrected chi connectivity index (χ0v) is 17.3. The van der Waals surface area contributed by atoms with Crippen LogP contribution in [-0.4, -0.2) is 31.9 Å². The standard InChI is InChI=1S/C18H21N3O3S.HI/c19-18(20-13-17-10-5-11-25(17,22)23)21-14-6-4-9-16(12-14)24-15-7-2-1-3-8-15;/h1-4,6-9,12,17H,5,10-11,13H2,(H3,19,20,21);1H. The van der Waals surface area contributed by atoms with Crippen LogP contribution in [0.1, 0.15) is 12.8 Å². The van der Waals surface area contributed by atoms with Crippen LogP contribution >= 0.6 is 24.0 Å². The number of guanidine groups is 1. The van der Waals surface area contributed by atoms with Crippen LogP contribution in [0.3, 0.4) is 0 Å². The third-order valence-corrected chi connectivity index (χ3v) is 6.27. The van der Waals surface area contributed by atoms with E-state index < -0.39 is 15.1 Å². The molecule has 0 aliphatic carbocycles. The van der Waals surface area contributed by atoms with Gasteiger partial charge in [-0.05, 0) is 37.1 Å². The molecule has 1 aliphatic rings. The van der Waals surface area contributed by atoms with Crippen LogP contribution in [-0.2, 0) is 9.84 Å². The number of halogens is 1. The molecule has 6 nitrogen and oxygen atoms in total. The molecule has 1 atom stereocenters. The number of nitrogens with one attached hydrogen (secondary N) is 1. The average Bonchev–Trinajstić information content (AvgIpc) is 2.92. The molecule has 1 saturated heterocycles. The largest absolute Gasteiger partial charge is 0.457 e. The van der Waals surface area contributed by atoms with Crippen molar-refractivity contribution in [2.75, 3.05) is 17.6 Å². The Hall–Kier alpha value is -1.81. The monoisotopic (exact) mass is 487 g/mol. The van der Waals surface area contributed by atoms with Crippen LogP contribution in [0.2, 0.25) is 0 Å². The zero-order valence-electron chi connectivity index (χ0n) is 14.2. The van der Waals surface area contributed by atoms with Crippen molar-refractivity contribution in [3.8, 4) is 11.5 Å². The van der Waals surface area contributed by atoms with Gasteiger partial charge in [0.25, 0.3) is 0 Å². The fourth-order valence-corrected chi connectivity index (χ4v) is 4.44. The normalized spacial score (nSPS) is 18.8. The zero-order chi connectivity index (χ0) is 17.7. The molecule has 0 bridgehead atoms. The van der Waals surface area contributed by atoms with Crippen LogP contribution in [0.15, 0.2) is 59.6 Å². The van der Waals surface area contributed by atoms with Gasteiger partial charge in [0.05, 0.1) is 17.5 Å². The maximum atomic E-state index is 11.8. The van der Waals surface area contributed by atoms with Crippen LogP contribution in [0.5, 0.6) is 11.5 Å². The smallest absolute Gasteiger partial charge is 0.193 e. The van der Waals surface area contributed by atoms with Gasteiger partial charge >= 0.3 is 0 Å². The maximum absolute atomic E-state index is 11.8. The van der Waals surface area contributed by atoms with Crippen molar-refractivity contribution in [3.05, 3.63) is 54.6 Å². The number of benzene rings is 2. The van der Waals surface area contributed by atoms with Crippen molar-refractivity contribution >= 4 is 45.5 Å². The van der Waals surface area contributed by atoms with Gasteiger partial charge in [0.15, 0.2) is 15.8 Å². The lowest BCUT2D eigenvalue weighted by molar-refractivity contribution is 0.483. The Labute approximate surface area is 170 Å². The molecule has 0 radical (unpaired) electrons. The Bertz CT molecular complexity index is 857. The summed E-state index contributed by atoms with van der Waals surface area (Å²) in [7, 11) is -3.01. The quantitative estimate of drug-likeness (QED) is 0.383. The topological polar surface area (TPSA) is 93.8 Å². The molecular weight excluding hydrogens is 465 g/mol. The van der Waals surface area contributed by atoms with Crippen LogP contribution < -0.4 is 15.8 Å². The van der Waals surface area contributed by atoms with E-state index in [0.717, 1.165) is 11.4 Å². The highest BCUT2D eigenvalue weighted by molar-refractivity contribution is 14.0. The number of rotatable bonds is 5. The second kappa shape index (κ2) is 9.22. The first kappa shape index (κ1) is 20.5. The Morgan fingerprint density at radius 3 is 2.58 bits per heavy atom. The summed E-state index contributed by atoms with van der Waals surface area (Å²) >= 11 is 0. The lowest BCUT2D eigenvalue weighted by Gasteiger charge is -2.10. The van der Waals surface area contributed by atoms with Gasteiger partial charge in [-0.25, -0.2) is 8.42 Å². The van der Waals surface area contributed by atoms with E-state index in [1.807, 2.05) is 54.6 Å². The first-order valence-electron chi connectivity index (χ1n) is 8.14. The van der Waals surface area contributed by atoms with E-state index >= 15 is 0 Å². The van der Waals surface area contributed by atoms with Crippen molar-refractivity contribution in [2.45, 2.75) is 18.1 Å². The number of nitrogens with zero attached hydrogens (tertiary/aromatic N) is 1. The van der Waals surface area contributed by atoms with Gasteiger partial charge in [0.1, 0.15) is 11.5 Å². The SMILES string of the molecule is I.NC(=NCC1CCCS1(=O)=O)Nc1cccc(Oc2ccccc2)c1. The van der Waals surface area contributed by atoms with Crippen molar-refractivity contribution < 1.29 is 13.2 Å². The van der Waals surface area contributed by atoms with Crippen LogP contribution in [0.4, 0.5) is 5.69 Å². The van der Waals surface area contributed by atoms with Crippen molar-refractivity contribution in [3.63, 3.8) is 0 Å². The first-order chi connectivity index (χ1) is 12.0. The van der Waals surface area contributed by atoms with Crippen molar-refractivity contribution in [1.29, 1.82) is 0 Å². The fourth-order valence-electron chi connectivity index (χ4n) is 2.71. The van der Waals surface area contributed by atoms with Gasteiger partial charge < -0.3 is 15.8 Å². The summed E-state index contributed by atoms with van der Waals surface area (Å²) in [5.74, 6) is 1.86. The van der Waals surface area contributed by atoms with Gasteiger partial charge in [-0.2, -0.15) is 0 Å². The summed E-state index contributed by atoms with van der Waals surface area (Å²) in [6.45, 7) is 0.196. The summed E-state index contributed by atoms with van der Waals surface area (Å²) in [6, 6.07) is 16.8. The molecule has 140 valence electrons. The maximum Gasteiger partial charge on any atom is 0.193 e. The fraction of sp³-hybridized carbons (Fsp3) is 0.278. The molecule has 3 rings (SSSR count). The number of hydrogen-bond donors (Lipinski definition) is 2. The third-order valence-electron chi connectivity index (χ3n) is 4.01. The van der Waals surface area contributed by atoms with E-state index in [1.165, 1.54) is 0 Å². The lowest BCUT2D eigenvalue weighted by atomic mass is 10.2. The Balaban J connectivity index is 0.00000243. The summed E-state index contributed by atoms with van der Waals surface area (Å²) in [5, 5.41) is 2.56. The van der Waals surface area contributed by atoms with Crippen LogP contribution in [0, 0.1) is 0 Å². The predicted octanol–water partition coefficient (Wildman–Crippen LogP) is 3.40. The highest BCUT2D eigenvalue weighted by Gasteiger charge is 2.30. The number of anilines is 1. The molecule has 1 aliphatic heterocycles.